The van der Waals surface area contributed by atoms with Crippen LogP contribution in [0.2, 0.25) is 0 Å². The molecule has 2 heterocycles. The lowest BCUT2D eigenvalue weighted by molar-refractivity contribution is -0.113. The molecule has 2 aromatic rings. The number of aryl methyl sites for hydroxylation is 2. The number of aromatic amines is 1. The monoisotopic (exact) mass is 253 g/mol. The number of carbonyl (C=O) groups is 1. The predicted molar refractivity (Wildman–Crippen MR) is 75.0 cm³/mol. The van der Waals surface area contributed by atoms with E-state index in [2.05, 4.69) is 21.8 Å². The standard InChI is InChI=1S/C15H15N3O/c1-3-5-14(19)18-9-4-6-11-13(18)8-7-12-15(11)17-10(2)16-12/h7-8H,4,6,9H2,1-2H3,(H,16,17). The number of aromatic nitrogens is 2. The van der Waals surface area contributed by atoms with Gasteiger partial charge < -0.3 is 9.88 Å². The van der Waals surface area contributed by atoms with Crippen LogP contribution in [0, 0.1) is 18.8 Å². The van der Waals surface area contributed by atoms with Crippen molar-refractivity contribution < 1.29 is 4.79 Å². The third-order valence-electron chi connectivity index (χ3n) is 3.43. The quantitative estimate of drug-likeness (QED) is 0.731. The van der Waals surface area contributed by atoms with E-state index >= 15 is 0 Å². The molecule has 0 saturated carbocycles. The Bertz CT molecular complexity index is 718. The number of fused-ring (bicyclic) bond motifs is 3. The zero-order valence-electron chi connectivity index (χ0n) is 11.1. The lowest BCUT2D eigenvalue weighted by Crippen LogP contribution is -2.34. The van der Waals surface area contributed by atoms with Gasteiger partial charge in [0.15, 0.2) is 0 Å². The molecule has 0 atom stereocenters. The summed E-state index contributed by atoms with van der Waals surface area (Å²) in [6, 6.07) is 3.98. The lowest BCUT2D eigenvalue weighted by atomic mass is 10.00. The van der Waals surface area contributed by atoms with Gasteiger partial charge in [0.2, 0.25) is 0 Å². The molecule has 0 spiro atoms. The van der Waals surface area contributed by atoms with E-state index in [9.17, 15) is 4.79 Å². The highest BCUT2D eigenvalue weighted by atomic mass is 16.2. The van der Waals surface area contributed by atoms with Gasteiger partial charge in [-0.15, -0.1) is 0 Å². The van der Waals surface area contributed by atoms with Crippen LogP contribution >= 0.6 is 0 Å². The maximum atomic E-state index is 12.0. The fourth-order valence-electron chi connectivity index (χ4n) is 2.66. The number of hydrogen-bond donors (Lipinski definition) is 1. The van der Waals surface area contributed by atoms with Crippen LogP contribution in [0.25, 0.3) is 11.0 Å². The molecule has 0 bridgehead atoms. The Kier molecular flexibility index (Phi) is 2.75. The Labute approximate surface area is 111 Å². The van der Waals surface area contributed by atoms with Crippen molar-refractivity contribution in [1.29, 1.82) is 0 Å². The first kappa shape index (κ1) is 11.8. The number of anilines is 1. The van der Waals surface area contributed by atoms with Crippen molar-refractivity contribution in [2.24, 2.45) is 0 Å². The van der Waals surface area contributed by atoms with E-state index in [1.54, 1.807) is 11.8 Å². The Hall–Kier alpha value is -2.28. The van der Waals surface area contributed by atoms with Gasteiger partial charge in [-0.25, -0.2) is 4.98 Å². The predicted octanol–water partition coefficient (Wildman–Crippen LogP) is 2.17. The van der Waals surface area contributed by atoms with Gasteiger partial charge in [0, 0.05) is 12.1 Å². The van der Waals surface area contributed by atoms with E-state index in [1.165, 1.54) is 0 Å². The van der Waals surface area contributed by atoms with Crippen LogP contribution in [-0.2, 0) is 11.2 Å². The molecule has 96 valence electrons. The molecular formula is C15H15N3O. The van der Waals surface area contributed by atoms with Crippen LogP contribution < -0.4 is 4.90 Å². The van der Waals surface area contributed by atoms with Gasteiger partial charge in [0.25, 0.3) is 0 Å². The van der Waals surface area contributed by atoms with Crippen molar-refractivity contribution in [2.45, 2.75) is 26.7 Å². The van der Waals surface area contributed by atoms with Gasteiger partial charge in [-0.05, 0) is 44.7 Å². The van der Waals surface area contributed by atoms with Gasteiger partial charge in [0.05, 0.1) is 16.7 Å². The number of nitrogens with zero attached hydrogens (tertiary/aromatic N) is 2. The maximum Gasteiger partial charge on any atom is 0.302 e. The SMILES string of the molecule is CC#CC(=O)N1CCCc2c1ccc1[nH]c(C)nc21. The molecule has 0 aliphatic carbocycles. The fourth-order valence-corrected chi connectivity index (χ4v) is 2.66. The smallest absolute Gasteiger partial charge is 0.302 e. The summed E-state index contributed by atoms with van der Waals surface area (Å²) in [5.41, 5.74) is 4.13. The number of H-pyrrole nitrogens is 1. The number of rotatable bonds is 0. The van der Waals surface area contributed by atoms with Gasteiger partial charge in [-0.3, -0.25) is 4.79 Å². The first-order chi connectivity index (χ1) is 9.20. The number of carbonyl (C=O) groups excluding carboxylic acids is 1. The van der Waals surface area contributed by atoms with E-state index in [1.807, 2.05) is 19.1 Å². The highest BCUT2D eigenvalue weighted by Gasteiger charge is 2.23. The number of benzene rings is 1. The lowest BCUT2D eigenvalue weighted by Gasteiger charge is -2.27. The second-order valence-corrected chi connectivity index (χ2v) is 4.72. The first-order valence-electron chi connectivity index (χ1n) is 6.43. The second-order valence-electron chi connectivity index (χ2n) is 4.72. The number of amides is 1. The Balaban J connectivity index is 2.16. The van der Waals surface area contributed by atoms with Gasteiger partial charge >= 0.3 is 5.91 Å². The molecule has 1 N–H and O–H groups in total. The summed E-state index contributed by atoms with van der Waals surface area (Å²) >= 11 is 0. The molecule has 0 unspecified atom stereocenters. The zero-order chi connectivity index (χ0) is 13.4. The molecule has 0 saturated heterocycles. The summed E-state index contributed by atoms with van der Waals surface area (Å²) in [5, 5.41) is 0. The summed E-state index contributed by atoms with van der Waals surface area (Å²) in [6.45, 7) is 4.36. The molecule has 0 fully saturated rings. The number of hydrogen-bond acceptors (Lipinski definition) is 2. The summed E-state index contributed by atoms with van der Waals surface area (Å²) < 4.78 is 0. The Morgan fingerprint density at radius 3 is 3.11 bits per heavy atom. The van der Waals surface area contributed by atoms with Gasteiger partial charge in [0.1, 0.15) is 5.82 Å². The minimum absolute atomic E-state index is 0.130. The molecule has 1 aromatic carbocycles. The minimum Gasteiger partial charge on any atom is -0.342 e. The van der Waals surface area contributed by atoms with Crippen molar-refractivity contribution in [2.75, 3.05) is 11.4 Å². The molecule has 4 heteroatoms. The fraction of sp³-hybridized carbons (Fsp3) is 0.333. The third kappa shape index (κ3) is 1.88. The molecule has 19 heavy (non-hydrogen) atoms. The topological polar surface area (TPSA) is 49.0 Å². The Morgan fingerprint density at radius 1 is 1.47 bits per heavy atom. The molecule has 1 aromatic heterocycles. The summed E-state index contributed by atoms with van der Waals surface area (Å²) in [5.74, 6) is 6.07. The molecule has 0 radical (unpaired) electrons. The van der Waals surface area contributed by atoms with E-state index in [0.717, 1.165) is 47.5 Å². The van der Waals surface area contributed by atoms with Gasteiger partial charge in [-0.1, -0.05) is 5.92 Å². The molecule has 1 amide bonds. The van der Waals surface area contributed by atoms with E-state index in [4.69, 9.17) is 0 Å². The van der Waals surface area contributed by atoms with Crippen molar-refractivity contribution in [3.63, 3.8) is 0 Å². The summed E-state index contributed by atoms with van der Waals surface area (Å²) in [6.07, 6.45) is 1.91. The third-order valence-corrected chi connectivity index (χ3v) is 3.43. The van der Waals surface area contributed by atoms with Crippen LogP contribution in [0.15, 0.2) is 12.1 Å². The van der Waals surface area contributed by atoms with Gasteiger partial charge in [-0.2, -0.15) is 0 Å². The molecular weight excluding hydrogens is 238 g/mol. The summed E-state index contributed by atoms with van der Waals surface area (Å²) in [4.78, 5) is 21.6. The van der Waals surface area contributed by atoms with Crippen LogP contribution in [0.4, 0.5) is 5.69 Å². The number of nitrogens with one attached hydrogen (secondary N) is 1. The van der Waals surface area contributed by atoms with Crippen LogP contribution in [0.1, 0.15) is 24.7 Å². The normalized spacial score (nSPS) is 13.9. The van der Waals surface area contributed by atoms with Crippen molar-refractivity contribution in [3.8, 4) is 11.8 Å². The average molecular weight is 253 g/mol. The van der Waals surface area contributed by atoms with Crippen LogP contribution in [-0.4, -0.2) is 22.4 Å². The van der Waals surface area contributed by atoms with Crippen molar-refractivity contribution in [3.05, 3.63) is 23.5 Å². The maximum absolute atomic E-state index is 12.0. The number of imidazole rings is 1. The largest absolute Gasteiger partial charge is 0.342 e. The Morgan fingerprint density at radius 2 is 2.32 bits per heavy atom. The molecule has 3 rings (SSSR count). The highest BCUT2D eigenvalue weighted by Crippen LogP contribution is 2.32. The van der Waals surface area contributed by atoms with Crippen molar-refractivity contribution >= 4 is 22.6 Å². The molecule has 1 aliphatic rings. The highest BCUT2D eigenvalue weighted by molar-refractivity contribution is 6.07. The van der Waals surface area contributed by atoms with Crippen LogP contribution in [0.3, 0.4) is 0 Å². The average Bonchev–Trinajstić information content (AvgIpc) is 2.79. The second kappa shape index (κ2) is 4.43. The molecule has 1 aliphatic heterocycles. The zero-order valence-corrected chi connectivity index (χ0v) is 11.1. The summed E-state index contributed by atoms with van der Waals surface area (Å²) in [7, 11) is 0. The van der Waals surface area contributed by atoms with E-state index < -0.39 is 0 Å². The first-order valence-corrected chi connectivity index (χ1v) is 6.43. The van der Waals surface area contributed by atoms with Crippen molar-refractivity contribution in [1.82, 2.24) is 9.97 Å². The minimum atomic E-state index is -0.130. The van der Waals surface area contributed by atoms with E-state index in [-0.39, 0.29) is 5.91 Å². The molecule has 4 nitrogen and oxygen atoms in total. The van der Waals surface area contributed by atoms with E-state index in [0.29, 0.717) is 0 Å². The van der Waals surface area contributed by atoms with Crippen LogP contribution in [0.5, 0.6) is 0 Å².